The molecule has 10 heteroatoms. The molecule has 0 fully saturated rings. The lowest BCUT2D eigenvalue weighted by Gasteiger charge is -2.15. The van der Waals surface area contributed by atoms with Crippen molar-refractivity contribution in [3.63, 3.8) is 0 Å². The third-order valence-electron chi connectivity index (χ3n) is 3.15. The van der Waals surface area contributed by atoms with Crippen molar-refractivity contribution in [3.8, 4) is 0 Å². The Bertz CT molecular complexity index is 676. The Morgan fingerprint density at radius 2 is 2.05 bits per heavy atom. The van der Waals surface area contributed by atoms with Crippen LogP contribution in [0.5, 0.6) is 0 Å². The van der Waals surface area contributed by atoms with Gasteiger partial charge in [0.05, 0.1) is 17.5 Å². The van der Waals surface area contributed by atoms with E-state index in [9.17, 15) is 21.6 Å². The summed E-state index contributed by atoms with van der Waals surface area (Å²) in [4.78, 5) is 4.97. The van der Waals surface area contributed by atoms with Crippen LogP contribution in [0.2, 0.25) is 0 Å². The summed E-state index contributed by atoms with van der Waals surface area (Å²) in [5.41, 5.74) is -2.39. The van der Waals surface area contributed by atoms with Crippen molar-refractivity contribution in [2.45, 2.75) is 44.2 Å². The van der Waals surface area contributed by atoms with E-state index in [4.69, 9.17) is 4.84 Å². The Balaban J connectivity index is 2.37. The van der Waals surface area contributed by atoms with Gasteiger partial charge >= 0.3 is 6.18 Å². The van der Waals surface area contributed by atoms with Gasteiger partial charge in [-0.15, -0.1) is 0 Å². The number of H-pyrrole nitrogens is 1. The van der Waals surface area contributed by atoms with E-state index in [0.29, 0.717) is 6.20 Å². The first-order valence-electron chi connectivity index (χ1n) is 6.04. The summed E-state index contributed by atoms with van der Waals surface area (Å²) in [6.45, 7) is 4.44. The molecule has 1 atom stereocenters. The van der Waals surface area contributed by atoms with E-state index in [2.05, 4.69) is 15.4 Å². The number of oxime groups is 1. The lowest BCUT2D eigenvalue weighted by atomic mass is 10.1. The van der Waals surface area contributed by atoms with Gasteiger partial charge in [-0.05, 0) is 20.8 Å². The molecular formula is C11H14F3N3O3S. The number of alkyl halides is 3. The zero-order chi connectivity index (χ0) is 16.1. The van der Waals surface area contributed by atoms with E-state index in [0.717, 1.165) is 6.92 Å². The summed E-state index contributed by atoms with van der Waals surface area (Å²) in [5.74, 6) is 0. The van der Waals surface area contributed by atoms with E-state index in [1.807, 2.05) is 0 Å². The van der Waals surface area contributed by atoms with Crippen molar-refractivity contribution in [2.75, 3.05) is 0 Å². The first kappa shape index (κ1) is 15.8. The predicted molar refractivity (Wildman–Crippen MR) is 68.1 cm³/mol. The quantitative estimate of drug-likeness (QED) is 0.905. The Labute approximate surface area is 119 Å². The van der Waals surface area contributed by atoms with Gasteiger partial charge in [-0.3, -0.25) is 5.10 Å². The first-order chi connectivity index (χ1) is 9.45. The van der Waals surface area contributed by atoms with Gasteiger partial charge in [0, 0.05) is 6.42 Å². The van der Waals surface area contributed by atoms with Gasteiger partial charge in [-0.1, -0.05) is 5.16 Å². The number of aromatic amines is 1. The minimum atomic E-state index is -4.68. The fourth-order valence-electron chi connectivity index (χ4n) is 1.95. The second kappa shape index (κ2) is 4.72. The minimum Gasteiger partial charge on any atom is -0.389 e. The summed E-state index contributed by atoms with van der Waals surface area (Å²) >= 11 is 0. The second-order valence-corrected chi connectivity index (χ2v) is 7.66. The molecule has 118 valence electrons. The van der Waals surface area contributed by atoms with Gasteiger partial charge in [0.15, 0.2) is 5.04 Å². The van der Waals surface area contributed by atoms with E-state index in [1.54, 1.807) is 13.8 Å². The molecule has 1 aliphatic rings. The van der Waals surface area contributed by atoms with Crippen LogP contribution in [0.15, 0.2) is 11.4 Å². The highest BCUT2D eigenvalue weighted by molar-refractivity contribution is 8.06. The monoisotopic (exact) mass is 325 g/mol. The molecule has 1 unspecified atom stereocenters. The van der Waals surface area contributed by atoms with Gasteiger partial charge in [-0.25, -0.2) is 8.42 Å². The summed E-state index contributed by atoms with van der Waals surface area (Å²) in [6.07, 6.45) is -4.10. The van der Waals surface area contributed by atoms with Crippen LogP contribution in [0.3, 0.4) is 0 Å². The normalized spacial score (nSPS) is 20.0. The van der Waals surface area contributed by atoms with Crippen LogP contribution < -0.4 is 0 Å². The molecule has 0 radical (unpaired) electrons. The SMILES string of the molecule is CC(c1[nH]ncc1C(F)(F)F)S(=O)(=O)C1=NOC(C)(C)C1. The maximum absolute atomic E-state index is 12.8. The molecular weight excluding hydrogens is 311 g/mol. The summed E-state index contributed by atoms with van der Waals surface area (Å²) in [5, 5.41) is 7.20. The Morgan fingerprint density at radius 1 is 1.43 bits per heavy atom. The van der Waals surface area contributed by atoms with E-state index >= 15 is 0 Å². The lowest BCUT2D eigenvalue weighted by Crippen LogP contribution is -2.26. The fourth-order valence-corrected chi connectivity index (χ4v) is 3.53. The van der Waals surface area contributed by atoms with Gasteiger partial charge in [0.1, 0.15) is 10.9 Å². The Morgan fingerprint density at radius 3 is 2.52 bits per heavy atom. The lowest BCUT2D eigenvalue weighted by molar-refractivity contribution is -0.138. The fraction of sp³-hybridized carbons (Fsp3) is 0.636. The zero-order valence-corrected chi connectivity index (χ0v) is 12.3. The Hall–Kier alpha value is -1.58. The molecule has 0 aliphatic carbocycles. The van der Waals surface area contributed by atoms with Gasteiger partial charge in [0.25, 0.3) is 0 Å². The van der Waals surface area contributed by atoms with E-state index in [-0.39, 0.29) is 11.5 Å². The summed E-state index contributed by atoms with van der Waals surface area (Å²) < 4.78 is 63.2. The van der Waals surface area contributed by atoms with Gasteiger partial charge in [0.2, 0.25) is 9.84 Å². The molecule has 1 aromatic rings. The molecule has 1 aromatic heterocycles. The molecule has 2 heterocycles. The number of hydrogen-bond acceptors (Lipinski definition) is 5. The van der Waals surface area contributed by atoms with E-state index < -0.39 is 38.1 Å². The molecule has 0 saturated heterocycles. The highest BCUT2D eigenvalue weighted by Crippen LogP contribution is 2.37. The highest BCUT2D eigenvalue weighted by atomic mass is 32.2. The molecule has 0 amide bonds. The highest BCUT2D eigenvalue weighted by Gasteiger charge is 2.43. The molecule has 21 heavy (non-hydrogen) atoms. The van der Waals surface area contributed by atoms with Crippen molar-refractivity contribution in [3.05, 3.63) is 17.5 Å². The molecule has 1 N–H and O–H groups in total. The number of hydrogen-bond donors (Lipinski definition) is 1. The van der Waals surface area contributed by atoms with E-state index in [1.165, 1.54) is 0 Å². The average Bonchev–Trinajstić information content (AvgIpc) is 2.93. The first-order valence-corrected chi connectivity index (χ1v) is 7.59. The van der Waals surface area contributed by atoms with Crippen LogP contribution in [0.4, 0.5) is 13.2 Å². The maximum atomic E-state index is 12.8. The summed E-state index contributed by atoms with van der Waals surface area (Å²) in [7, 11) is -4.06. The number of nitrogens with one attached hydrogen (secondary N) is 1. The van der Waals surface area contributed by atoms with Crippen LogP contribution in [-0.4, -0.2) is 29.3 Å². The second-order valence-electron chi connectivity index (χ2n) is 5.40. The molecule has 0 bridgehead atoms. The Kier molecular flexibility index (Phi) is 3.55. The molecule has 0 saturated carbocycles. The molecule has 1 aliphatic heterocycles. The van der Waals surface area contributed by atoms with Crippen LogP contribution in [0, 0.1) is 0 Å². The van der Waals surface area contributed by atoms with Gasteiger partial charge < -0.3 is 4.84 Å². The largest absolute Gasteiger partial charge is 0.419 e. The number of nitrogens with zero attached hydrogens (tertiary/aromatic N) is 2. The number of sulfone groups is 1. The maximum Gasteiger partial charge on any atom is 0.419 e. The van der Waals surface area contributed by atoms with Crippen molar-refractivity contribution in [1.82, 2.24) is 10.2 Å². The van der Waals surface area contributed by atoms with Crippen LogP contribution in [-0.2, 0) is 20.9 Å². The third-order valence-corrected chi connectivity index (χ3v) is 5.19. The van der Waals surface area contributed by atoms with Crippen molar-refractivity contribution in [2.24, 2.45) is 5.16 Å². The average molecular weight is 325 g/mol. The summed E-state index contributed by atoms with van der Waals surface area (Å²) in [6, 6.07) is 0. The zero-order valence-electron chi connectivity index (χ0n) is 11.5. The molecule has 0 spiro atoms. The van der Waals surface area contributed by atoms with Crippen LogP contribution in [0.1, 0.15) is 43.7 Å². The standard InChI is InChI=1S/C11H14F3N3O3S/c1-6(9-7(5-15-16-9)11(12,13)14)21(18,19)8-4-10(2,3)20-17-8/h5-6H,4H2,1-3H3,(H,15,16). The number of rotatable bonds is 2. The third kappa shape index (κ3) is 2.89. The number of aromatic nitrogens is 2. The van der Waals surface area contributed by atoms with Crippen molar-refractivity contribution < 1.29 is 26.4 Å². The smallest absolute Gasteiger partial charge is 0.389 e. The van der Waals surface area contributed by atoms with Crippen molar-refractivity contribution in [1.29, 1.82) is 0 Å². The minimum absolute atomic E-state index is 0.00909. The topological polar surface area (TPSA) is 84.4 Å². The van der Waals surface area contributed by atoms with Gasteiger partial charge in [-0.2, -0.15) is 18.3 Å². The van der Waals surface area contributed by atoms with Crippen LogP contribution in [0.25, 0.3) is 0 Å². The molecule has 6 nitrogen and oxygen atoms in total. The number of halogens is 3. The molecule has 0 aromatic carbocycles. The molecule has 2 rings (SSSR count). The van der Waals surface area contributed by atoms with Crippen molar-refractivity contribution >= 4 is 14.9 Å². The van der Waals surface area contributed by atoms with Crippen LogP contribution >= 0.6 is 0 Å². The predicted octanol–water partition coefficient (Wildman–Crippen LogP) is 2.42.